The smallest absolute Gasteiger partial charge is 0.416 e. The normalized spacial score (nSPS) is 13.2. The summed E-state index contributed by atoms with van der Waals surface area (Å²) in [5.74, 6) is 1.14. The highest BCUT2D eigenvalue weighted by molar-refractivity contribution is 5.77. The number of alkyl halides is 3. The van der Waals surface area contributed by atoms with Gasteiger partial charge in [-0.25, -0.2) is 4.98 Å². The Morgan fingerprint density at radius 3 is 2.58 bits per heavy atom. The lowest BCUT2D eigenvalue weighted by Gasteiger charge is -2.13. The molecule has 1 aromatic heterocycles. The Kier molecular flexibility index (Phi) is 4.91. The molecule has 0 aliphatic carbocycles. The number of aliphatic hydroxyl groups excluding tert-OH is 1. The van der Waals surface area contributed by atoms with Crippen LogP contribution in [0.4, 0.5) is 13.2 Å². The molecule has 1 atom stereocenters. The molecule has 2 aromatic carbocycles. The van der Waals surface area contributed by atoms with Crippen LogP contribution in [0.25, 0.3) is 11.0 Å². The van der Waals surface area contributed by atoms with E-state index in [1.807, 2.05) is 31.2 Å². The standard InChI is InChI=1S/C19H19F3N2O2/c1-12-5-3-4-6-17(12)26-11-18-23-15-9-14(19(20,21)22)7-8-16(15)24(18)10-13(2)25/h3-9,13,25H,10-11H2,1-2H3. The average Bonchev–Trinajstić information content (AvgIpc) is 2.90. The fourth-order valence-corrected chi connectivity index (χ4v) is 2.79. The van der Waals surface area contributed by atoms with Crippen molar-refractivity contribution in [1.82, 2.24) is 9.55 Å². The maximum Gasteiger partial charge on any atom is 0.416 e. The number of aromatic nitrogens is 2. The van der Waals surface area contributed by atoms with E-state index in [0.717, 1.165) is 17.7 Å². The molecule has 3 rings (SSSR count). The molecule has 1 unspecified atom stereocenters. The van der Waals surface area contributed by atoms with Crippen molar-refractivity contribution in [1.29, 1.82) is 0 Å². The predicted molar refractivity (Wildman–Crippen MR) is 91.9 cm³/mol. The van der Waals surface area contributed by atoms with Crippen LogP contribution in [0.15, 0.2) is 42.5 Å². The number of hydrogen-bond donors (Lipinski definition) is 1. The van der Waals surface area contributed by atoms with Crippen LogP contribution in [0.3, 0.4) is 0 Å². The van der Waals surface area contributed by atoms with Crippen LogP contribution >= 0.6 is 0 Å². The highest BCUT2D eigenvalue weighted by Crippen LogP contribution is 2.32. The first-order valence-corrected chi connectivity index (χ1v) is 8.18. The molecule has 7 heteroatoms. The molecular formula is C19H19F3N2O2. The number of fused-ring (bicyclic) bond motifs is 1. The van der Waals surface area contributed by atoms with Crippen molar-refractivity contribution >= 4 is 11.0 Å². The molecule has 0 aliphatic heterocycles. The number of aryl methyl sites for hydroxylation is 1. The van der Waals surface area contributed by atoms with E-state index in [9.17, 15) is 18.3 Å². The number of aliphatic hydroxyl groups is 1. The third-order valence-electron chi connectivity index (χ3n) is 4.05. The number of benzene rings is 2. The Morgan fingerprint density at radius 2 is 1.92 bits per heavy atom. The first-order valence-electron chi connectivity index (χ1n) is 8.18. The minimum absolute atomic E-state index is 0.0909. The maximum absolute atomic E-state index is 12.9. The van der Waals surface area contributed by atoms with Crippen LogP contribution in [0.2, 0.25) is 0 Å². The van der Waals surface area contributed by atoms with Crippen LogP contribution in [0.1, 0.15) is 23.9 Å². The first-order chi connectivity index (χ1) is 12.3. The van der Waals surface area contributed by atoms with Gasteiger partial charge in [-0.05, 0) is 43.7 Å². The zero-order valence-electron chi connectivity index (χ0n) is 14.4. The topological polar surface area (TPSA) is 47.3 Å². The molecule has 138 valence electrons. The van der Waals surface area contributed by atoms with Crippen molar-refractivity contribution in [2.45, 2.75) is 39.3 Å². The summed E-state index contributed by atoms with van der Waals surface area (Å²) >= 11 is 0. The zero-order chi connectivity index (χ0) is 18.9. The van der Waals surface area contributed by atoms with Crippen LogP contribution in [-0.4, -0.2) is 20.8 Å². The molecule has 3 aromatic rings. The summed E-state index contributed by atoms with van der Waals surface area (Å²) in [5, 5.41) is 9.75. The van der Waals surface area contributed by atoms with E-state index in [-0.39, 0.29) is 18.7 Å². The van der Waals surface area contributed by atoms with Crippen molar-refractivity contribution in [3.8, 4) is 5.75 Å². The Balaban J connectivity index is 1.98. The summed E-state index contributed by atoms with van der Waals surface area (Å²) in [6.07, 6.45) is -5.10. The predicted octanol–water partition coefficient (Wildman–Crippen LogP) is 4.32. The van der Waals surface area contributed by atoms with Gasteiger partial charge in [-0.15, -0.1) is 0 Å². The first kappa shape index (κ1) is 18.3. The SMILES string of the molecule is Cc1ccccc1OCc1nc2cc(C(F)(F)F)ccc2n1CC(C)O. The van der Waals surface area contributed by atoms with E-state index in [0.29, 0.717) is 17.1 Å². The molecule has 1 N–H and O–H groups in total. The highest BCUT2D eigenvalue weighted by Gasteiger charge is 2.31. The van der Waals surface area contributed by atoms with Crippen LogP contribution in [0, 0.1) is 6.92 Å². The molecular weight excluding hydrogens is 345 g/mol. The summed E-state index contributed by atoms with van der Waals surface area (Å²) in [4.78, 5) is 4.31. The molecule has 0 aliphatic rings. The minimum Gasteiger partial charge on any atom is -0.485 e. The van der Waals surface area contributed by atoms with Crippen LogP contribution in [-0.2, 0) is 19.3 Å². The number of nitrogens with zero attached hydrogens (tertiary/aromatic N) is 2. The van der Waals surface area contributed by atoms with Crippen LogP contribution in [0.5, 0.6) is 5.75 Å². The number of halogens is 3. The van der Waals surface area contributed by atoms with E-state index >= 15 is 0 Å². The van der Waals surface area contributed by atoms with E-state index in [2.05, 4.69) is 4.98 Å². The number of rotatable bonds is 5. The molecule has 0 fully saturated rings. The van der Waals surface area contributed by atoms with Gasteiger partial charge in [0.1, 0.15) is 18.2 Å². The Morgan fingerprint density at radius 1 is 1.19 bits per heavy atom. The Hall–Kier alpha value is -2.54. The van der Waals surface area contributed by atoms with E-state index in [1.165, 1.54) is 6.07 Å². The van der Waals surface area contributed by atoms with E-state index < -0.39 is 17.8 Å². The lowest BCUT2D eigenvalue weighted by Crippen LogP contribution is -2.15. The molecule has 26 heavy (non-hydrogen) atoms. The lowest BCUT2D eigenvalue weighted by atomic mass is 10.2. The summed E-state index contributed by atoms with van der Waals surface area (Å²) in [6.45, 7) is 3.83. The molecule has 0 bridgehead atoms. The monoisotopic (exact) mass is 364 g/mol. The number of ether oxygens (including phenoxy) is 1. The van der Waals surface area contributed by atoms with Crippen molar-refractivity contribution in [3.05, 3.63) is 59.4 Å². The van der Waals surface area contributed by atoms with Crippen molar-refractivity contribution in [2.24, 2.45) is 0 Å². The van der Waals surface area contributed by atoms with E-state index in [4.69, 9.17) is 4.74 Å². The van der Waals surface area contributed by atoms with Crippen LogP contribution < -0.4 is 4.74 Å². The molecule has 0 spiro atoms. The second-order valence-corrected chi connectivity index (χ2v) is 6.24. The van der Waals surface area contributed by atoms with Gasteiger partial charge in [0.05, 0.1) is 29.2 Å². The summed E-state index contributed by atoms with van der Waals surface area (Å²) in [7, 11) is 0. The quantitative estimate of drug-likeness (QED) is 0.733. The fourth-order valence-electron chi connectivity index (χ4n) is 2.79. The van der Waals surface area contributed by atoms with Gasteiger partial charge in [0, 0.05) is 0 Å². The van der Waals surface area contributed by atoms with Crippen molar-refractivity contribution in [2.75, 3.05) is 0 Å². The molecule has 0 saturated carbocycles. The van der Waals surface area contributed by atoms with Gasteiger partial charge in [0.25, 0.3) is 0 Å². The maximum atomic E-state index is 12.9. The largest absolute Gasteiger partial charge is 0.485 e. The third kappa shape index (κ3) is 3.83. The summed E-state index contributed by atoms with van der Waals surface area (Å²) in [5.41, 5.74) is 0.953. The van der Waals surface area contributed by atoms with Gasteiger partial charge < -0.3 is 14.4 Å². The van der Waals surface area contributed by atoms with Gasteiger partial charge in [-0.3, -0.25) is 0 Å². The molecule has 1 heterocycles. The Labute approximate surface area is 148 Å². The second-order valence-electron chi connectivity index (χ2n) is 6.24. The van der Waals surface area contributed by atoms with Gasteiger partial charge >= 0.3 is 6.18 Å². The molecule has 4 nitrogen and oxygen atoms in total. The summed E-state index contributed by atoms with van der Waals surface area (Å²) < 4.78 is 46.3. The summed E-state index contributed by atoms with van der Waals surface area (Å²) in [6, 6.07) is 10.9. The van der Waals surface area contributed by atoms with Gasteiger partial charge in [-0.2, -0.15) is 13.2 Å². The Bertz CT molecular complexity index is 917. The van der Waals surface area contributed by atoms with Gasteiger partial charge in [0.2, 0.25) is 0 Å². The third-order valence-corrected chi connectivity index (χ3v) is 4.05. The zero-order valence-corrected chi connectivity index (χ0v) is 14.4. The van der Waals surface area contributed by atoms with Crippen molar-refractivity contribution in [3.63, 3.8) is 0 Å². The lowest BCUT2D eigenvalue weighted by molar-refractivity contribution is -0.137. The van der Waals surface area contributed by atoms with Gasteiger partial charge in [0.15, 0.2) is 0 Å². The van der Waals surface area contributed by atoms with Crippen molar-refractivity contribution < 1.29 is 23.0 Å². The number of imidazole rings is 1. The molecule has 0 amide bonds. The second kappa shape index (κ2) is 6.99. The number of hydrogen-bond acceptors (Lipinski definition) is 3. The number of para-hydroxylation sites is 1. The van der Waals surface area contributed by atoms with Gasteiger partial charge in [-0.1, -0.05) is 18.2 Å². The molecule has 0 radical (unpaired) electrons. The fraction of sp³-hybridized carbons (Fsp3) is 0.316. The highest BCUT2D eigenvalue weighted by atomic mass is 19.4. The van der Waals surface area contributed by atoms with E-state index in [1.54, 1.807) is 11.5 Å². The minimum atomic E-state index is -4.43. The molecule has 0 saturated heterocycles. The average molecular weight is 364 g/mol.